The number of aryl methyl sites for hydroxylation is 1. The summed E-state index contributed by atoms with van der Waals surface area (Å²) in [6.45, 7) is -0.0628. The number of benzene rings is 2. The molecular weight excluding hydrogens is 474 g/mol. The Morgan fingerprint density at radius 3 is 2.56 bits per heavy atom. The average molecular weight is 500 g/mol. The highest BCUT2D eigenvalue weighted by molar-refractivity contribution is 7.92. The standard InChI is InChI=1S/C23H25N5O4S2/c1-33(29,30)27-16-20-13-19(15-24)7-8-22(20)28(17-21(27)14-18-5-3-2-4-6-18)34(31,32)12-9-23-25-10-11-26-23/h2-8,10-11,13,21H,9,12,14,16-17H2,1H3,(H,25,26). The van der Waals surface area contributed by atoms with Crippen LogP contribution in [0.25, 0.3) is 0 Å². The summed E-state index contributed by atoms with van der Waals surface area (Å²) in [7, 11) is -7.52. The zero-order chi connectivity index (χ0) is 24.3. The van der Waals surface area contributed by atoms with E-state index in [-0.39, 0.29) is 25.3 Å². The first kappa shape index (κ1) is 23.9. The fourth-order valence-electron chi connectivity index (χ4n) is 4.18. The number of hydrogen-bond donors (Lipinski definition) is 1. The summed E-state index contributed by atoms with van der Waals surface area (Å²) in [5, 5.41) is 9.37. The fraction of sp³-hybridized carbons (Fsp3) is 0.304. The van der Waals surface area contributed by atoms with Gasteiger partial charge in [0, 0.05) is 31.4 Å². The SMILES string of the molecule is CS(=O)(=O)N1Cc2cc(C#N)ccc2N(S(=O)(=O)CCc2ncc[nH]2)CC1Cc1ccccc1. The van der Waals surface area contributed by atoms with E-state index in [2.05, 4.69) is 16.0 Å². The molecule has 1 unspecified atom stereocenters. The second kappa shape index (κ2) is 9.58. The molecule has 1 N–H and O–H groups in total. The monoisotopic (exact) mass is 499 g/mol. The molecule has 11 heteroatoms. The lowest BCUT2D eigenvalue weighted by atomic mass is 10.1. The number of fused-ring (bicyclic) bond motifs is 1. The van der Waals surface area contributed by atoms with Crippen molar-refractivity contribution in [3.63, 3.8) is 0 Å². The van der Waals surface area contributed by atoms with Gasteiger partial charge in [-0.1, -0.05) is 30.3 Å². The van der Waals surface area contributed by atoms with Crippen molar-refractivity contribution in [2.75, 3.05) is 22.9 Å². The van der Waals surface area contributed by atoms with Gasteiger partial charge in [-0.15, -0.1) is 0 Å². The highest BCUT2D eigenvalue weighted by atomic mass is 32.2. The lowest BCUT2D eigenvalue weighted by Crippen LogP contribution is -2.47. The predicted molar refractivity (Wildman–Crippen MR) is 129 cm³/mol. The van der Waals surface area contributed by atoms with Gasteiger partial charge in [0.2, 0.25) is 20.0 Å². The molecule has 0 radical (unpaired) electrons. The molecule has 1 aromatic heterocycles. The third-order valence-corrected chi connectivity index (χ3v) is 8.83. The van der Waals surface area contributed by atoms with E-state index >= 15 is 0 Å². The van der Waals surface area contributed by atoms with Crippen molar-refractivity contribution in [3.8, 4) is 6.07 Å². The van der Waals surface area contributed by atoms with E-state index in [1.807, 2.05) is 30.3 Å². The van der Waals surface area contributed by atoms with Gasteiger partial charge in [-0.3, -0.25) is 4.31 Å². The van der Waals surface area contributed by atoms with E-state index in [1.54, 1.807) is 30.6 Å². The molecule has 0 aliphatic carbocycles. The van der Waals surface area contributed by atoms with E-state index in [0.717, 1.165) is 11.8 Å². The summed E-state index contributed by atoms with van der Waals surface area (Å²) in [5.41, 5.74) is 2.10. The second-order valence-electron chi connectivity index (χ2n) is 8.24. The Hall–Kier alpha value is -3.20. The van der Waals surface area contributed by atoms with Gasteiger partial charge in [0.25, 0.3) is 0 Å². The first-order valence-electron chi connectivity index (χ1n) is 10.7. The number of nitrogens with zero attached hydrogens (tertiary/aromatic N) is 4. The fourth-order valence-corrected chi connectivity index (χ4v) is 6.78. The van der Waals surface area contributed by atoms with Crippen molar-refractivity contribution in [2.45, 2.75) is 25.4 Å². The molecule has 1 aliphatic heterocycles. The van der Waals surface area contributed by atoms with Crippen LogP contribution in [0.1, 0.15) is 22.5 Å². The van der Waals surface area contributed by atoms with E-state index in [1.165, 1.54) is 8.61 Å². The number of aromatic amines is 1. The van der Waals surface area contributed by atoms with Crippen LogP contribution < -0.4 is 4.31 Å². The zero-order valence-corrected chi connectivity index (χ0v) is 20.3. The third kappa shape index (κ3) is 5.30. The number of H-pyrrole nitrogens is 1. The van der Waals surface area contributed by atoms with Crippen molar-refractivity contribution < 1.29 is 16.8 Å². The Morgan fingerprint density at radius 2 is 1.91 bits per heavy atom. The molecule has 2 aromatic carbocycles. The average Bonchev–Trinajstić information content (AvgIpc) is 3.27. The van der Waals surface area contributed by atoms with Gasteiger partial charge in [0.1, 0.15) is 5.82 Å². The highest BCUT2D eigenvalue weighted by Gasteiger charge is 2.37. The van der Waals surface area contributed by atoms with Crippen molar-refractivity contribution in [3.05, 3.63) is 83.4 Å². The van der Waals surface area contributed by atoms with E-state index in [0.29, 0.717) is 29.1 Å². The molecule has 0 amide bonds. The largest absolute Gasteiger partial charge is 0.349 e. The Kier molecular flexibility index (Phi) is 6.74. The molecule has 2 heterocycles. The lowest BCUT2D eigenvalue weighted by molar-refractivity contribution is 0.324. The molecule has 0 spiro atoms. The molecule has 9 nitrogen and oxygen atoms in total. The smallest absolute Gasteiger partial charge is 0.235 e. The number of sulfonamides is 2. The number of nitriles is 1. The van der Waals surface area contributed by atoms with Crippen molar-refractivity contribution in [2.24, 2.45) is 0 Å². The number of rotatable bonds is 7. The van der Waals surface area contributed by atoms with Crippen LogP contribution in [0.2, 0.25) is 0 Å². The van der Waals surface area contributed by atoms with Crippen LogP contribution in [0.3, 0.4) is 0 Å². The zero-order valence-electron chi connectivity index (χ0n) is 18.6. The van der Waals surface area contributed by atoms with Crippen molar-refractivity contribution in [1.29, 1.82) is 5.26 Å². The van der Waals surface area contributed by atoms with Crippen LogP contribution in [0.5, 0.6) is 0 Å². The third-order valence-electron chi connectivity index (χ3n) is 5.81. The van der Waals surface area contributed by atoms with Gasteiger partial charge in [-0.05, 0) is 35.7 Å². The molecule has 0 fully saturated rings. The number of hydrogen-bond acceptors (Lipinski definition) is 6. The van der Waals surface area contributed by atoms with Crippen molar-refractivity contribution >= 4 is 25.7 Å². The maximum atomic E-state index is 13.6. The number of anilines is 1. The van der Waals surface area contributed by atoms with Crippen LogP contribution in [-0.4, -0.2) is 55.7 Å². The summed E-state index contributed by atoms with van der Waals surface area (Å²) >= 11 is 0. The molecule has 1 aliphatic rings. The van der Waals surface area contributed by atoms with Crippen LogP contribution in [-0.2, 0) is 39.4 Å². The Bertz CT molecular complexity index is 1400. The Labute approximate surface area is 199 Å². The van der Waals surface area contributed by atoms with Gasteiger partial charge in [0.05, 0.1) is 35.9 Å². The maximum absolute atomic E-state index is 13.6. The minimum Gasteiger partial charge on any atom is -0.349 e. The molecule has 34 heavy (non-hydrogen) atoms. The topological polar surface area (TPSA) is 127 Å². The molecule has 3 aromatic rings. The van der Waals surface area contributed by atoms with Gasteiger partial charge in [-0.2, -0.15) is 9.57 Å². The van der Waals surface area contributed by atoms with Crippen LogP contribution in [0.15, 0.2) is 60.9 Å². The van der Waals surface area contributed by atoms with Gasteiger partial charge >= 0.3 is 0 Å². The lowest BCUT2D eigenvalue weighted by Gasteiger charge is -2.31. The van der Waals surface area contributed by atoms with Crippen molar-refractivity contribution in [1.82, 2.24) is 14.3 Å². The van der Waals surface area contributed by atoms with E-state index < -0.39 is 26.1 Å². The van der Waals surface area contributed by atoms with Gasteiger partial charge < -0.3 is 4.98 Å². The van der Waals surface area contributed by atoms with Gasteiger partial charge in [0.15, 0.2) is 0 Å². The predicted octanol–water partition coefficient (Wildman–Crippen LogP) is 2.05. The molecule has 0 bridgehead atoms. The molecule has 1 atom stereocenters. The Balaban J connectivity index is 1.78. The Morgan fingerprint density at radius 1 is 1.15 bits per heavy atom. The highest BCUT2D eigenvalue weighted by Crippen LogP contribution is 2.33. The van der Waals surface area contributed by atoms with E-state index in [4.69, 9.17) is 0 Å². The van der Waals surface area contributed by atoms with Crippen LogP contribution in [0, 0.1) is 11.3 Å². The first-order valence-corrected chi connectivity index (χ1v) is 14.2. The summed E-state index contributed by atoms with van der Waals surface area (Å²) < 4.78 is 55.4. The van der Waals surface area contributed by atoms with Gasteiger partial charge in [-0.25, -0.2) is 21.8 Å². The summed E-state index contributed by atoms with van der Waals surface area (Å²) in [6.07, 6.45) is 4.85. The number of imidazole rings is 1. The van der Waals surface area contributed by atoms with Crippen LogP contribution in [0.4, 0.5) is 5.69 Å². The molecular formula is C23H25N5O4S2. The summed E-state index contributed by atoms with van der Waals surface area (Å²) in [5.74, 6) is 0.355. The first-order chi connectivity index (χ1) is 16.2. The molecule has 0 saturated heterocycles. The quantitative estimate of drug-likeness (QED) is 0.530. The molecule has 4 rings (SSSR count). The summed E-state index contributed by atoms with van der Waals surface area (Å²) in [4.78, 5) is 7.01. The number of aromatic nitrogens is 2. The molecule has 178 valence electrons. The van der Waals surface area contributed by atoms with E-state index in [9.17, 15) is 22.1 Å². The number of nitrogens with one attached hydrogen (secondary N) is 1. The summed E-state index contributed by atoms with van der Waals surface area (Å²) in [6, 6.07) is 15.5. The molecule has 0 saturated carbocycles. The van der Waals surface area contributed by atoms with Crippen LogP contribution >= 0.6 is 0 Å². The normalized spacial score (nSPS) is 17.1. The maximum Gasteiger partial charge on any atom is 0.235 e. The second-order valence-corrected chi connectivity index (χ2v) is 12.2. The minimum absolute atomic E-state index is 0.0224. The minimum atomic E-state index is -3.84.